The van der Waals surface area contributed by atoms with E-state index in [-0.39, 0.29) is 11.8 Å². The molecule has 0 aliphatic rings. The third-order valence-electron chi connectivity index (χ3n) is 2.86. The monoisotopic (exact) mass is 255 g/mol. The highest BCUT2D eigenvalue weighted by molar-refractivity contribution is 5.34. The fourth-order valence-electron chi connectivity index (χ4n) is 1.93. The topological polar surface area (TPSA) is 52.5 Å². The van der Waals surface area contributed by atoms with Crippen LogP contribution in [0.5, 0.6) is 5.75 Å². The van der Waals surface area contributed by atoms with Crippen LogP contribution in [0.1, 0.15) is 38.8 Å². The molecule has 0 fully saturated rings. The lowest BCUT2D eigenvalue weighted by Gasteiger charge is -2.19. The van der Waals surface area contributed by atoms with Crippen LogP contribution in [0.15, 0.2) is 18.2 Å². The molecule has 0 bridgehead atoms. The zero-order valence-electron chi connectivity index (χ0n) is 11.2. The Hall–Kier alpha value is -1.13. The Morgan fingerprint density at radius 1 is 1.28 bits per heavy atom. The SMILES string of the molecule is CC(C)CC(O)CNC(C)c1ccc(F)cc1O. The van der Waals surface area contributed by atoms with E-state index in [1.165, 1.54) is 6.07 Å². The molecule has 1 aromatic rings. The van der Waals surface area contributed by atoms with E-state index in [9.17, 15) is 14.6 Å². The number of rotatable bonds is 6. The van der Waals surface area contributed by atoms with Crippen molar-refractivity contribution in [3.63, 3.8) is 0 Å². The summed E-state index contributed by atoms with van der Waals surface area (Å²) in [6, 6.07) is 3.83. The normalized spacial score (nSPS) is 14.8. The van der Waals surface area contributed by atoms with E-state index in [4.69, 9.17) is 0 Å². The van der Waals surface area contributed by atoms with Gasteiger partial charge in [0.25, 0.3) is 0 Å². The number of halogens is 1. The van der Waals surface area contributed by atoms with Gasteiger partial charge in [-0.25, -0.2) is 4.39 Å². The molecule has 1 rings (SSSR count). The Morgan fingerprint density at radius 2 is 1.94 bits per heavy atom. The molecule has 0 aliphatic heterocycles. The Balaban J connectivity index is 2.52. The van der Waals surface area contributed by atoms with Gasteiger partial charge in [0.05, 0.1) is 6.10 Å². The number of hydrogen-bond acceptors (Lipinski definition) is 3. The predicted molar refractivity (Wildman–Crippen MR) is 69.9 cm³/mol. The maximum Gasteiger partial charge on any atom is 0.126 e. The molecule has 0 saturated carbocycles. The number of phenolic OH excluding ortho intramolecular Hbond substituents is 1. The lowest BCUT2D eigenvalue weighted by Crippen LogP contribution is -2.30. The number of benzene rings is 1. The van der Waals surface area contributed by atoms with Crippen LogP contribution in [0.25, 0.3) is 0 Å². The van der Waals surface area contributed by atoms with Crippen molar-refractivity contribution in [2.75, 3.05) is 6.54 Å². The fraction of sp³-hybridized carbons (Fsp3) is 0.571. The van der Waals surface area contributed by atoms with E-state index in [0.717, 1.165) is 12.5 Å². The highest BCUT2D eigenvalue weighted by Crippen LogP contribution is 2.24. The molecule has 2 atom stereocenters. The molecule has 18 heavy (non-hydrogen) atoms. The second kappa shape index (κ2) is 6.71. The van der Waals surface area contributed by atoms with Crippen molar-refractivity contribution in [1.29, 1.82) is 0 Å². The minimum absolute atomic E-state index is 0.0617. The fourth-order valence-corrected chi connectivity index (χ4v) is 1.93. The third-order valence-corrected chi connectivity index (χ3v) is 2.86. The Bertz CT molecular complexity index is 382. The van der Waals surface area contributed by atoms with Crippen LogP contribution in [0.3, 0.4) is 0 Å². The molecule has 3 N–H and O–H groups in total. The van der Waals surface area contributed by atoms with E-state index in [1.54, 1.807) is 6.07 Å². The lowest BCUT2D eigenvalue weighted by molar-refractivity contribution is 0.143. The van der Waals surface area contributed by atoms with Gasteiger partial charge in [-0.15, -0.1) is 0 Å². The maximum absolute atomic E-state index is 12.8. The minimum atomic E-state index is -0.455. The number of nitrogens with one attached hydrogen (secondary N) is 1. The van der Waals surface area contributed by atoms with Gasteiger partial charge in [-0.3, -0.25) is 0 Å². The molecule has 102 valence electrons. The van der Waals surface area contributed by atoms with Crippen molar-refractivity contribution in [2.45, 2.75) is 39.3 Å². The van der Waals surface area contributed by atoms with Crippen LogP contribution in [0, 0.1) is 11.7 Å². The second-order valence-electron chi connectivity index (χ2n) is 5.12. The van der Waals surface area contributed by atoms with E-state index >= 15 is 0 Å². The van der Waals surface area contributed by atoms with E-state index in [0.29, 0.717) is 18.0 Å². The average molecular weight is 255 g/mol. The van der Waals surface area contributed by atoms with E-state index in [2.05, 4.69) is 19.2 Å². The van der Waals surface area contributed by atoms with Crippen LogP contribution in [-0.4, -0.2) is 22.9 Å². The predicted octanol–water partition coefficient (Wildman–Crippen LogP) is 2.59. The molecule has 3 nitrogen and oxygen atoms in total. The first-order chi connectivity index (χ1) is 8.40. The molecule has 4 heteroatoms. The zero-order valence-corrected chi connectivity index (χ0v) is 11.2. The van der Waals surface area contributed by atoms with E-state index in [1.807, 2.05) is 6.92 Å². The van der Waals surface area contributed by atoms with Gasteiger partial charge in [-0.05, 0) is 25.3 Å². The van der Waals surface area contributed by atoms with Crippen LogP contribution >= 0.6 is 0 Å². The van der Waals surface area contributed by atoms with Crippen molar-refractivity contribution in [3.05, 3.63) is 29.6 Å². The maximum atomic E-state index is 12.8. The second-order valence-corrected chi connectivity index (χ2v) is 5.12. The third kappa shape index (κ3) is 4.63. The molecule has 0 spiro atoms. The quantitative estimate of drug-likeness (QED) is 0.732. The number of hydrogen-bond donors (Lipinski definition) is 3. The lowest BCUT2D eigenvalue weighted by atomic mass is 10.0. The summed E-state index contributed by atoms with van der Waals surface area (Å²) >= 11 is 0. The highest BCUT2D eigenvalue weighted by Gasteiger charge is 2.13. The standard InChI is InChI=1S/C14H22FNO2/c1-9(2)6-12(17)8-16-10(3)13-5-4-11(15)7-14(13)18/h4-5,7,9-10,12,16-18H,6,8H2,1-3H3. The Labute approximate surface area is 108 Å². The molecule has 0 radical (unpaired) electrons. The number of aliphatic hydroxyl groups is 1. The molecular formula is C14H22FNO2. The molecular weight excluding hydrogens is 233 g/mol. The smallest absolute Gasteiger partial charge is 0.126 e. The van der Waals surface area contributed by atoms with Crippen molar-refractivity contribution in [2.24, 2.45) is 5.92 Å². The summed E-state index contributed by atoms with van der Waals surface area (Å²) in [6.45, 7) is 6.43. The van der Waals surface area contributed by atoms with Gasteiger partial charge in [0.15, 0.2) is 0 Å². The van der Waals surface area contributed by atoms with Gasteiger partial charge in [-0.1, -0.05) is 19.9 Å². The number of phenols is 1. The molecule has 0 heterocycles. The van der Waals surface area contributed by atoms with Crippen LogP contribution in [0.4, 0.5) is 4.39 Å². The summed E-state index contributed by atoms with van der Waals surface area (Å²) < 4.78 is 12.8. The summed E-state index contributed by atoms with van der Waals surface area (Å²) in [5.74, 6) is -0.0760. The summed E-state index contributed by atoms with van der Waals surface area (Å²) in [6.07, 6.45) is 0.324. The van der Waals surface area contributed by atoms with Crippen molar-refractivity contribution >= 4 is 0 Å². The summed E-state index contributed by atoms with van der Waals surface area (Å²) in [5.41, 5.74) is 0.633. The summed E-state index contributed by atoms with van der Waals surface area (Å²) in [7, 11) is 0. The Kier molecular flexibility index (Phi) is 5.56. The molecule has 0 saturated heterocycles. The van der Waals surface area contributed by atoms with Crippen molar-refractivity contribution in [3.8, 4) is 5.75 Å². The molecule has 0 aromatic heterocycles. The first kappa shape index (κ1) is 14.9. The van der Waals surface area contributed by atoms with Gasteiger partial charge in [0.2, 0.25) is 0 Å². The van der Waals surface area contributed by atoms with Crippen LogP contribution in [0.2, 0.25) is 0 Å². The minimum Gasteiger partial charge on any atom is -0.508 e. The van der Waals surface area contributed by atoms with Gasteiger partial charge in [-0.2, -0.15) is 0 Å². The molecule has 1 aromatic carbocycles. The van der Waals surface area contributed by atoms with Crippen LogP contribution < -0.4 is 5.32 Å². The van der Waals surface area contributed by atoms with Crippen LogP contribution in [-0.2, 0) is 0 Å². The zero-order chi connectivity index (χ0) is 13.7. The highest BCUT2D eigenvalue weighted by atomic mass is 19.1. The molecule has 0 aliphatic carbocycles. The number of aliphatic hydroxyl groups excluding tert-OH is 1. The average Bonchev–Trinajstić information content (AvgIpc) is 2.25. The summed E-state index contributed by atoms with van der Waals surface area (Å²) in [4.78, 5) is 0. The molecule has 0 amide bonds. The Morgan fingerprint density at radius 3 is 2.50 bits per heavy atom. The van der Waals surface area contributed by atoms with E-state index < -0.39 is 11.9 Å². The van der Waals surface area contributed by atoms with Gasteiger partial charge >= 0.3 is 0 Å². The summed E-state index contributed by atoms with van der Waals surface area (Å²) in [5, 5.41) is 22.5. The van der Waals surface area contributed by atoms with Gasteiger partial charge in [0, 0.05) is 24.2 Å². The van der Waals surface area contributed by atoms with Gasteiger partial charge in [0.1, 0.15) is 11.6 Å². The largest absolute Gasteiger partial charge is 0.508 e. The van der Waals surface area contributed by atoms with Crippen molar-refractivity contribution < 1.29 is 14.6 Å². The first-order valence-corrected chi connectivity index (χ1v) is 6.30. The molecule has 2 unspecified atom stereocenters. The van der Waals surface area contributed by atoms with Gasteiger partial charge < -0.3 is 15.5 Å². The first-order valence-electron chi connectivity index (χ1n) is 6.30. The number of aromatic hydroxyl groups is 1. The van der Waals surface area contributed by atoms with Crippen molar-refractivity contribution in [1.82, 2.24) is 5.32 Å².